The fourth-order valence-electron chi connectivity index (χ4n) is 2.85. The van der Waals surface area contributed by atoms with Gasteiger partial charge in [0.15, 0.2) is 0 Å². The van der Waals surface area contributed by atoms with Crippen molar-refractivity contribution in [2.75, 3.05) is 13.2 Å². The van der Waals surface area contributed by atoms with Gasteiger partial charge < -0.3 is 9.47 Å². The molecule has 28 heavy (non-hydrogen) atoms. The molecule has 3 nitrogen and oxygen atoms in total. The van der Waals surface area contributed by atoms with E-state index in [2.05, 4.69) is 0 Å². The lowest BCUT2D eigenvalue weighted by molar-refractivity contribution is -0.145. The molecule has 0 bridgehead atoms. The molecule has 0 fully saturated rings. The number of hydrogen-bond acceptors (Lipinski definition) is 3. The molecule has 0 N–H and O–H groups in total. The minimum atomic E-state index is -0.533. The molecule has 3 rings (SSSR count). The highest BCUT2D eigenvalue weighted by atomic mass is 19.1. The van der Waals surface area contributed by atoms with E-state index < -0.39 is 5.92 Å². The molecule has 0 unspecified atom stereocenters. The molecule has 144 valence electrons. The third kappa shape index (κ3) is 5.19. The second kappa shape index (κ2) is 9.70. The summed E-state index contributed by atoms with van der Waals surface area (Å²) in [6.45, 7) is 2.45. The summed E-state index contributed by atoms with van der Waals surface area (Å²) in [5.41, 5.74) is 1.92. The third-order valence-electron chi connectivity index (χ3n) is 4.48. The van der Waals surface area contributed by atoms with Gasteiger partial charge in [-0.05, 0) is 36.2 Å². The van der Waals surface area contributed by atoms with Gasteiger partial charge in [0.25, 0.3) is 0 Å². The molecule has 3 aromatic carbocycles. The van der Waals surface area contributed by atoms with Crippen molar-refractivity contribution in [3.63, 3.8) is 0 Å². The minimum Gasteiger partial charge on any atom is -0.493 e. The number of esters is 1. The number of benzene rings is 3. The van der Waals surface area contributed by atoms with Gasteiger partial charge in [0.1, 0.15) is 11.6 Å². The van der Waals surface area contributed by atoms with Gasteiger partial charge in [-0.15, -0.1) is 0 Å². The Labute approximate surface area is 164 Å². The van der Waals surface area contributed by atoms with Crippen molar-refractivity contribution in [1.29, 1.82) is 0 Å². The van der Waals surface area contributed by atoms with Crippen molar-refractivity contribution in [3.05, 3.63) is 90.2 Å². The average Bonchev–Trinajstić information content (AvgIpc) is 2.74. The van der Waals surface area contributed by atoms with Gasteiger partial charge in [0.05, 0.1) is 19.1 Å². The fraction of sp³-hybridized carbons (Fsp3) is 0.208. The maximum atomic E-state index is 14.5. The number of hydrogen-bond donors (Lipinski definition) is 0. The lowest BCUT2D eigenvalue weighted by Gasteiger charge is -2.13. The molecule has 0 saturated carbocycles. The first-order chi connectivity index (χ1) is 13.6. The SMILES string of the molecule is C[C@@H](C(=O)OCCCOc1ccccc1)c1ccc(-c2ccccc2)c(F)c1. The van der Waals surface area contributed by atoms with Gasteiger partial charge >= 0.3 is 5.97 Å². The van der Waals surface area contributed by atoms with E-state index in [4.69, 9.17) is 9.47 Å². The van der Waals surface area contributed by atoms with Crippen LogP contribution in [0.15, 0.2) is 78.9 Å². The van der Waals surface area contributed by atoms with E-state index in [1.807, 2.05) is 60.7 Å². The van der Waals surface area contributed by atoms with E-state index in [1.165, 1.54) is 6.07 Å². The second-order valence-corrected chi connectivity index (χ2v) is 6.51. The molecule has 0 aliphatic carbocycles. The first-order valence-electron chi connectivity index (χ1n) is 9.34. The van der Waals surface area contributed by atoms with Crippen LogP contribution in [0.2, 0.25) is 0 Å². The number of carbonyl (C=O) groups is 1. The van der Waals surface area contributed by atoms with E-state index in [0.717, 1.165) is 11.3 Å². The molecular formula is C24H23FO3. The molecule has 0 amide bonds. The summed E-state index contributed by atoms with van der Waals surface area (Å²) >= 11 is 0. The lowest BCUT2D eigenvalue weighted by Crippen LogP contribution is -2.15. The van der Waals surface area contributed by atoms with Crippen LogP contribution in [0.4, 0.5) is 4.39 Å². The summed E-state index contributed by atoms with van der Waals surface area (Å²) in [4.78, 5) is 12.3. The van der Waals surface area contributed by atoms with Crippen LogP contribution in [0.5, 0.6) is 5.75 Å². The molecular weight excluding hydrogens is 355 g/mol. The van der Waals surface area contributed by atoms with E-state index in [9.17, 15) is 9.18 Å². The molecule has 0 aliphatic rings. The third-order valence-corrected chi connectivity index (χ3v) is 4.48. The quantitative estimate of drug-likeness (QED) is 0.378. The molecule has 1 atom stereocenters. The van der Waals surface area contributed by atoms with Crippen LogP contribution in [0.25, 0.3) is 11.1 Å². The van der Waals surface area contributed by atoms with E-state index in [1.54, 1.807) is 19.1 Å². The van der Waals surface area contributed by atoms with Gasteiger partial charge in [0, 0.05) is 12.0 Å². The summed E-state index contributed by atoms with van der Waals surface area (Å²) in [5.74, 6) is -0.461. The van der Waals surface area contributed by atoms with E-state index in [0.29, 0.717) is 24.2 Å². The highest BCUT2D eigenvalue weighted by molar-refractivity contribution is 5.78. The molecule has 4 heteroatoms. The van der Waals surface area contributed by atoms with Crippen molar-refractivity contribution in [2.24, 2.45) is 0 Å². The minimum absolute atomic E-state index is 0.264. The Bertz CT molecular complexity index is 894. The number of para-hydroxylation sites is 1. The topological polar surface area (TPSA) is 35.5 Å². The largest absolute Gasteiger partial charge is 0.493 e. The molecule has 0 spiro atoms. The summed E-state index contributed by atoms with van der Waals surface area (Å²) in [7, 11) is 0. The first-order valence-corrected chi connectivity index (χ1v) is 9.34. The van der Waals surface area contributed by atoms with Gasteiger partial charge in [0.2, 0.25) is 0 Å². The van der Waals surface area contributed by atoms with Crippen LogP contribution >= 0.6 is 0 Å². The highest BCUT2D eigenvalue weighted by Crippen LogP contribution is 2.26. The maximum absolute atomic E-state index is 14.5. The van der Waals surface area contributed by atoms with Crippen molar-refractivity contribution in [1.82, 2.24) is 0 Å². The van der Waals surface area contributed by atoms with Crippen molar-refractivity contribution in [3.8, 4) is 16.9 Å². The van der Waals surface area contributed by atoms with Crippen LogP contribution in [-0.2, 0) is 9.53 Å². The molecule has 0 aromatic heterocycles. The standard InChI is InChI=1S/C24H23FO3/c1-18(24(26)28-16-8-15-27-21-11-6-3-7-12-21)20-13-14-22(23(25)17-20)19-9-4-2-5-10-19/h2-7,9-14,17-18H,8,15-16H2,1H3/t18-/m1/s1. The van der Waals surface area contributed by atoms with E-state index >= 15 is 0 Å². The highest BCUT2D eigenvalue weighted by Gasteiger charge is 2.18. The zero-order valence-electron chi connectivity index (χ0n) is 15.8. The average molecular weight is 378 g/mol. The Kier molecular flexibility index (Phi) is 6.79. The van der Waals surface area contributed by atoms with E-state index in [-0.39, 0.29) is 18.4 Å². The summed E-state index contributed by atoms with van der Waals surface area (Å²) in [5, 5.41) is 0. The van der Waals surface area contributed by atoms with Gasteiger partial charge in [-0.1, -0.05) is 60.7 Å². The Morgan fingerprint density at radius 1 is 0.929 bits per heavy atom. The fourth-order valence-corrected chi connectivity index (χ4v) is 2.85. The Hall–Kier alpha value is -3.14. The lowest BCUT2D eigenvalue weighted by atomic mass is 9.97. The Morgan fingerprint density at radius 3 is 2.29 bits per heavy atom. The van der Waals surface area contributed by atoms with Crippen LogP contribution in [-0.4, -0.2) is 19.2 Å². The number of rotatable bonds is 8. The van der Waals surface area contributed by atoms with Crippen molar-refractivity contribution >= 4 is 5.97 Å². The molecule has 0 heterocycles. The van der Waals surface area contributed by atoms with Crippen LogP contribution in [0.1, 0.15) is 24.8 Å². The smallest absolute Gasteiger partial charge is 0.313 e. The normalized spacial score (nSPS) is 11.6. The first kappa shape index (κ1) is 19.6. The zero-order valence-corrected chi connectivity index (χ0v) is 15.8. The predicted molar refractivity (Wildman–Crippen MR) is 108 cm³/mol. The zero-order chi connectivity index (χ0) is 19.8. The monoisotopic (exact) mass is 378 g/mol. The van der Waals surface area contributed by atoms with Crippen molar-refractivity contribution in [2.45, 2.75) is 19.3 Å². The maximum Gasteiger partial charge on any atom is 0.313 e. The summed E-state index contributed by atoms with van der Waals surface area (Å²) in [6, 6.07) is 23.7. The summed E-state index contributed by atoms with van der Waals surface area (Å²) in [6.07, 6.45) is 0.592. The number of halogens is 1. The molecule has 3 aromatic rings. The number of carbonyl (C=O) groups excluding carboxylic acids is 1. The van der Waals surface area contributed by atoms with Crippen LogP contribution in [0, 0.1) is 5.82 Å². The Morgan fingerprint density at radius 2 is 1.61 bits per heavy atom. The van der Waals surface area contributed by atoms with Crippen LogP contribution in [0.3, 0.4) is 0 Å². The summed E-state index contributed by atoms with van der Waals surface area (Å²) < 4.78 is 25.4. The van der Waals surface area contributed by atoms with Crippen molar-refractivity contribution < 1.29 is 18.7 Å². The predicted octanol–water partition coefficient (Wildman–Crippen LogP) is 5.61. The Balaban J connectivity index is 1.50. The molecule has 0 aliphatic heterocycles. The van der Waals surface area contributed by atoms with Gasteiger partial charge in [-0.2, -0.15) is 0 Å². The number of ether oxygens (including phenoxy) is 2. The molecule has 0 saturated heterocycles. The van der Waals surface area contributed by atoms with Gasteiger partial charge in [-0.3, -0.25) is 4.79 Å². The van der Waals surface area contributed by atoms with Crippen LogP contribution < -0.4 is 4.74 Å². The van der Waals surface area contributed by atoms with Gasteiger partial charge in [-0.25, -0.2) is 4.39 Å². The second-order valence-electron chi connectivity index (χ2n) is 6.51. The molecule has 0 radical (unpaired) electrons.